The molecule has 0 aromatic carbocycles. The maximum absolute atomic E-state index is 14.9. The van der Waals surface area contributed by atoms with Gasteiger partial charge >= 0.3 is 0 Å². The van der Waals surface area contributed by atoms with E-state index in [0.717, 1.165) is 30.6 Å². The minimum atomic E-state index is -0.808. The molecule has 4 rings (SSSR count). The van der Waals surface area contributed by atoms with Crippen LogP contribution in [0.25, 0.3) is 11.1 Å². The summed E-state index contributed by atoms with van der Waals surface area (Å²) in [7, 11) is 1.37. The lowest BCUT2D eigenvalue weighted by Gasteiger charge is -2.25. The van der Waals surface area contributed by atoms with E-state index in [0.29, 0.717) is 17.3 Å². The molecule has 3 aromatic rings. The Hall–Kier alpha value is -2.89. The van der Waals surface area contributed by atoms with Gasteiger partial charge in [-0.1, -0.05) is 16.7 Å². The molecule has 0 spiro atoms. The molecule has 3 heterocycles. The van der Waals surface area contributed by atoms with Crippen LogP contribution in [-0.2, 0) is 0 Å². The second-order valence-corrected chi connectivity index (χ2v) is 8.86. The van der Waals surface area contributed by atoms with Crippen LogP contribution in [0.2, 0.25) is 5.15 Å². The fraction of sp³-hybridized carbons (Fsp3) is 0.381. The molecule has 1 aliphatic rings. The van der Waals surface area contributed by atoms with Gasteiger partial charge in [-0.05, 0) is 43.6 Å². The van der Waals surface area contributed by atoms with Crippen LogP contribution in [0.3, 0.4) is 0 Å². The molecule has 0 aliphatic heterocycles. The van der Waals surface area contributed by atoms with Gasteiger partial charge in [0.15, 0.2) is 11.0 Å². The number of hydrogen-bond acceptors (Lipinski definition) is 9. The summed E-state index contributed by atoms with van der Waals surface area (Å²) >= 11 is 6.94. The van der Waals surface area contributed by atoms with Crippen molar-refractivity contribution in [1.82, 2.24) is 20.2 Å². The Kier molecular flexibility index (Phi) is 7.01. The van der Waals surface area contributed by atoms with Crippen LogP contribution in [0, 0.1) is 12.7 Å². The second kappa shape index (κ2) is 9.94. The van der Waals surface area contributed by atoms with Gasteiger partial charge in [0.05, 0.1) is 30.5 Å². The Bertz CT molecular complexity index is 1180. The highest BCUT2D eigenvalue weighted by molar-refractivity contribution is 7.17. The minimum Gasteiger partial charge on any atom is -0.494 e. The summed E-state index contributed by atoms with van der Waals surface area (Å²) in [6.45, 7) is 1.72. The van der Waals surface area contributed by atoms with E-state index in [1.165, 1.54) is 19.5 Å². The van der Waals surface area contributed by atoms with Crippen molar-refractivity contribution < 1.29 is 23.8 Å². The maximum atomic E-state index is 14.9. The number of aliphatic hydroxyl groups is 1. The molecule has 2 atom stereocenters. The monoisotopic (exact) mass is 493 g/mol. The number of pyridine rings is 2. The number of ether oxygens (including phenoxy) is 2. The molecule has 174 valence electrons. The number of aliphatic hydroxyl groups excluding tert-OH is 1. The van der Waals surface area contributed by atoms with Crippen LogP contribution in [0.1, 0.15) is 41.7 Å². The Morgan fingerprint density at radius 2 is 2.12 bits per heavy atom. The third-order valence-electron chi connectivity index (χ3n) is 5.21. The lowest BCUT2D eigenvalue weighted by molar-refractivity contribution is 0.0531. The molecule has 1 saturated carbocycles. The fourth-order valence-corrected chi connectivity index (χ4v) is 4.44. The van der Waals surface area contributed by atoms with Gasteiger partial charge in [0.1, 0.15) is 11.9 Å². The average Bonchev–Trinajstić information content (AvgIpc) is 3.21. The smallest absolute Gasteiger partial charge is 0.296 e. The molecule has 0 bridgehead atoms. The fourth-order valence-electron chi connectivity index (χ4n) is 3.64. The van der Waals surface area contributed by atoms with Gasteiger partial charge < -0.3 is 14.6 Å². The van der Waals surface area contributed by atoms with Crippen LogP contribution < -0.4 is 14.8 Å². The molecular formula is C21H21ClFN5O4S. The minimum absolute atomic E-state index is 0.00490. The molecule has 1 aliphatic carbocycles. The van der Waals surface area contributed by atoms with E-state index in [9.17, 15) is 14.3 Å². The van der Waals surface area contributed by atoms with Crippen molar-refractivity contribution in [2.24, 2.45) is 0 Å². The van der Waals surface area contributed by atoms with Crippen molar-refractivity contribution in [1.29, 1.82) is 0 Å². The largest absolute Gasteiger partial charge is 0.494 e. The third kappa shape index (κ3) is 5.21. The van der Waals surface area contributed by atoms with Crippen molar-refractivity contribution in [3.63, 3.8) is 0 Å². The zero-order chi connectivity index (χ0) is 23.5. The summed E-state index contributed by atoms with van der Waals surface area (Å²) in [6, 6.07) is 1.56. The number of methoxy groups -OCH3 is 1. The van der Waals surface area contributed by atoms with Gasteiger partial charge in [0.25, 0.3) is 11.1 Å². The Morgan fingerprint density at radius 3 is 2.88 bits per heavy atom. The summed E-state index contributed by atoms with van der Waals surface area (Å²) in [4.78, 5) is 21.0. The summed E-state index contributed by atoms with van der Waals surface area (Å²) in [5, 5.41) is 20.5. The zero-order valence-corrected chi connectivity index (χ0v) is 19.4. The quantitative estimate of drug-likeness (QED) is 0.494. The average molecular weight is 494 g/mol. The molecule has 1 amide bonds. The lowest BCUT2D eigenvalue weighted by Crippen LogP contribution is -2.28. The van der Waals surface area contributed by atoms with E-state index in [-0.39, 0.29) is 44.9 Å². The molecule has 1 fully saturated rings. The summed E-state index contributed by atoms with van der Waals surface area (Å²) in [5.41, 5.74) is 0.909. The molecule has 33 heavy (non-hydrogen) atoms. The maximum Gasteiger partial charge on any atom is 0.296 e. The molecule has 3 aromatic heterocycles. The molecule has 0 radical (unpaired) electrons. The summed E-state index contributed by atoms with van der Waals surface area (Å²) < 4.78 is 25.9. The molecule has 12 heteroatoms. The van der Waals surface area contributed by atoms with Gasteiger partial charge in [-0.3, -0.25) is 15.1 Å². The van der Waals surface area contributed by atoms with E-state index >= 15 is 0 Å². The van der Waals surface area contributed by atoms with E-state index in [1.807, 2.05) is 0 Å². The first-order valence-corrected chi connectivity index (χ1v) is 11.4. The van der Waals surface area contributed by atoms with Gasteiger partial charge in [-0.25, -0.2) is 9.37 Å². The first-order valence-electron chi connectivity index (χ1n) is 10.2. The molecule has 9 nitrogen and oxygen atoms in total. The Morgan fingerprint density at radius 1 is 1.30 bits per heavy atom. The second-order valence-electron chi connectivity index (χ2n) is 7.57. The third-order valence-corrected chi connectivity index (χ3v) is 6.20. The predicted octanol–water partition coefficient (Wildman–Crippen LogP) is 4.04. The number of rotatable bonds is 6. The van der Waals surface area contributed by atoms with E-state index in [1.54, 1.807) is 13.0 Å². The van der Waals surface area contributed by atoms with Crippen LogP contribution in [0.5, 0.6) is 10.9 Å². The van der Waals surface area contributed by atoms with Gasteiger partial charge in [-0.15, -0.1) is 5.10 Å². The van der Waals surface area contributed by atoms with Gasteiger partial charge in [0, 0.05) is 23.9 Å². The lowest BCUT2D eigenvalue weighted by atomic mass is 9.95. The van der Waals surface area contributed by atoms with Crippen LogP contribution in [0.15, 0.2) is 18.5 Å². The number of carbonyl (C=O) groups excluding carboxylic acids is 1. The highest BCUT2D eigenvalue weighted by atomic mass is 35.5. The molecular weight excluding hydrogens is 473 g/mol. The normalized spacial score (nSPS) is 18.1. The van der Waals surface area contributed by atoms with Crippen molar-refractivity contribution in [3.8, 4) is 22.1 Å². The summed E-state index contributed by atoms with van der Waals surface area (Å²) in [6.07, 6.45) is 5.08. The number of anilines is 1. The van der Waals surface area contributed by atoms with Crippen molar-refractivity contribution in [2.45, 2.75) is 44.8 Å². The number of carbonyl (C=O) groups is 1. The summed E-state index contributed by atoms with van der Waals surface area (Å²) in [5.74, 6) is -1.25. The number of nitrogens with one attached hydrogen (secondary N) is 1. The first kappa shape index (κ1) is 23.3. The van der Waals surface area contributed by atoms with Gasteiger partial charge in [0.2, 0.25) is 5.13 Å². The van der Waals surface area contributed by atoms with E-state index < -0.39 is 11.7 Å². The number of aromatic nitrogens is 4. The first-order chi connectivity index (χ1) is 15.9. The van der Waals surface area contributed by atoms with Gasteiger partial charge in [-0.2, -0.15) is 0 Å². The standard InChI is InChI=1S/C21H21ClFN5O4S/c1-10-6-13(16-15(31-2)9-25-18(22)17(16)23)14(8-24-10)19(30)26-20-27-28-21(33-20)32-12-5-3-4-11(29)7-12/h6,8-9,11-12,29H,3-5,7H2,1-2H3,(H,26,27,30)/t11-,12+/m1/s1. The van der Waals surface area contributed by atoms with Crippen LogP contribution >= 0.6 is 22.9 Å². The number of halogens is 2. The highest BCUT2D eigenvalue weighted by Crippen LogP contribution is 2.37. The number of nitrogens with zero attached hydrogens (tertiary/aromatic N) is 4. The Balaban J connectivity index is 1.58. The Labute approximate surface area is 198 Å². The number of amides is 1. The predicted molar refractivity (Wildman–Crippen MR) is 120 cm³/mol. The molecule has 0 unspecified atom stereocenters. The van der Waals surface area contributed by atoms with Crippen molar-refractivity contribution in [2.75, 3.05) is 12.4 Å². The van der Waals surface area contributed by atoms with Crippen molar-refractivity contribution >= 4 is 34.0 Å². The SMILES string of the molecule is COc1cnc(Cl)c(F)c1-c1cc(C)ncc1C(=O)Nc1nnc(O[C@H]2CCC[C@@H](O)C2)s1. The van der Waals surface area contributed by atoms with E-state index in [2.05, 4.69) is 25.5 Å². The zero-order valence-electron chi connectivity index (χ0n) is 17.8. The van der Waals surface area contributed by atoms with Crippen LogP contribution in [-0.4, -0.2) is 50.5 Å². The molecule has 0 saturated heterocycles. The molecule has 2 N–H and O–H groups in total. The number of aryl methyl sites for hydroxylation is 1. The topological polar surface area (TPSA) is 119 Å². The van der Waals surface area contributed by atoms with Crippen molar-refractivity contribution in [3.05, 3.63) is 40.7 Å². The highest BCUT2D eigenvalue weighted by Gasteiger charge is 2.25. The number of hydrogen-bond donors (Lipinski definition) is 2. The van der Waals surface area contributed by atoms with Crippen LogP contribution in [0.4, 0.5) is 9.52 Å². The van der Waals surface area contributed by atoms with E-state index in [4.69, 9.17) is 21.1 Å².